The van der Waals surface area contributed by atoms with Gasteiger partial charge in [-0.2, -0.15) is 0 Å². The van der Waals surface area contributed by atoms with Gasteiger partial charge in [-0.15, -0.1) is 0 Å². The van der Waals surface area contributed by atoms with Gasteiger partial charge in [-0.3, -0.25) is 4.99 Å². The number of nitrogens with one attached hydrogen (secondary N) is 1. The molecule has 3 nitrogen and oxygen atoms in total. The molecular weight excluding hydrogens is 320 g/mol. The summed E-state index contributed by atoms with van der Waals surface area (Å²) in [6, 6.07) is 0. The zero-order chi connectivity index (χ0) is 19.1. The third-order valence-corrected chi connectivity index (χ3v) is 4.67. The van der Waals surface area contributed by atoms with Crippen LogP contribution in [0.4, 0.5) is 0 Å². The monoisotopic (exact) mass is 366 g/mol. The lowest BCUT2D eigenvalue weighted by Crippen LogP contribution is -2.17. The Balaban J connectivity index is 0.00000194. The molecule has 0 aromatic heterocycles. The maximum absolute atomic E-state index is 7.57. The van der Waals surface area contributed by atoms with Crippen LogP contribution in [0, 0.1) is 0 Å². The lowest BCUT2D eigenvalue weighted by molar-refractivity contribution is 0.318. The Kier molecular flexibility index (Phi) is 21.5. The zero-order valence-corrected chi connectivity index (χ0v) is 17.8. The van der Waals surface area contributed by atoms with Gasteiger partial charge >= 0.3 is 0 Å². The van der Waals surface area contributed by atoms with Gasteiger partial charge in [0.2, 0.25) is 0 Å². The summed E-state index contributed by atoms with van der Waals surface area (Å²) in [5.74, 6) is 1.25. The van der Waals surface area contributed by atoms with E-state index >= 15 is 0 Å². The molecule has 1 aliphatic heterocycles. The Labute approximate surface area is 163 Å². The number of allylic oxidation sites excluding steroid dienone is 2. The molecule has 26 heavy (non-hydrogen) atoms. The van der Waals surface area contributed by atoms with Gasteiger partial charge in [-0.1, -0.05) is 76.9 Å². The molecule has 0 saturated carbocycles. The number of rotatable bonds is 16. The molecule has 0 bridgehead atoms. The molecule has 0 aromatic rings. The van der Waals surface area contributed by atoms with Crippen molar-refractivity contribution in [1.82, 2.24) is 5.32 Å². The second-order valence-electron chi connectivity index (χ2n) is 7.26. The smallest absolute Gasteiger partial charge is 0.0964 e. The van der Waals surface area contributed by atoms with Crippen molar-refractivity contribution in [3.63, 3.8) is 0 Å². The van der Waals surface area contributed by atoms with Gasteiger partial charge < -0.3 is 10.4 Å². The molecule has 2 N–H and O–H groups in total. The zero-order valence-electron chi connectivity index (χ0n) is 17.8. The van der Waals surface area contributed by atoms with E-state index in [9.17, 15) is 0 Å². The van der Waals surface area contributed by atoms with Crippen LogP contribution < -0.4 is 5.32 Å². The van der Waals surface area contributed by atoms with E-state index in [1.54, 1.807) is 6.92 Å². The lowest BCUT2D eigenvalue weighted by Gasteiger charge is -2.02. The summed E-state index contributed by atoms with van der Waals surface area (Å²) in [6.07, 6.45) is 25.3. The van der Waals surface area contributed by atoms with E-state index in [-0.39, 0.29) is 6.61 Å². The van der Waals surface area contributed by atoms with E-state index in [1.807, 2.05) is 0 Å². The van der Waals surface area contributed by atoms with Gasteiger partial charge in [0.25, 0.3) is 0 Å². The van der Waals surface area contributed by atoms with Crippen molar-refractivity contribution in [3.05, 3.63) is 12.2 Å². The Morgan fingerprint density at radius 2 is 1.31 bits per heavy atom. The van der Waals surface area contributed by atoms with E-state index in [4.69, 9.17) is 5.11 Å². The first-order chi connectivity index (χ1) is 12.8. The van der Waals surface area contributed by atoms with Crippen LogP contribution in [-0.4, -0.2) is 30.6 Å². The molecule has 0 aromatic carbocycles. The van der Waals surface area contributed by atoms with Crippen LogP contribution in [0.15, 0.2) is 17.1 Å². The molecule has 0 fully saturated rings. The summed E-state index contributed by atoms with van der Waals surface area (Å²) in [5, 5.41) is 10.9. The molecule has 0 unspecified atom stereocenters. The first-order valence-corrected chi connectivity index (χ1v) is 11.4. The lowest BCUT2D eigenvalue weighted by atomic mass is 10.1. The van der Waals surface area contributed by atoms with Gasteiger partial charge in [-0.25, -0.2) is 0 Å². The van der Waals surface area contributed by atoms with Gasteiger partial charge in [0.1, 0.15) is 0 Å². The Bertz CT molecular complexity index is 326. The van der Waals surface area contributed by atoms with Crippen LogP contribution in [0.3, 0.4) is 0 Å². The molecule has 1 heterocycles. The number of amidine groups is 1. The number of hydrogen-bond acceptors (Lipinski definition) is 3. The molecule has 0 saturated heterocycles. The van der Waals surface area contributed by atoms with Crippen LogP contribution in [0.5, 0.6) is 0 Å². The number of aliphatic hydroxyl groups is 1. The minimum absolute atomic E-state index is 0.250. The largest absolute Gasteiger partial charge is 0.397 e. The van der Waals surface area contributed by atoms with E-state index in [0.29, 0.717) is 0 Å². The van der Waals surface area contributed by atoms with Crippen LogP contribution >= 0.6 is 0 Å². The average Bonchev–Trinajstić information content (AvgIpc) is 3.15. The van der Waals surface area contributed by atoms with Crippen LogP contribution in [0.1, 0.15) is 110 Å². The topological polar surface area (TPSA) is 44.6 Å². The summed E-state index contributed by atoms with van der Waals surface area (Å²) in [7, 11) is 0. The van der Waals surface area contributed by atoms with Crippen molar-refractivity contribution in [2.24, 2.45) is 4.99 Å². The number of aliphatic hydroxyl groups excluding tert-OH is 1. The van der Waals surface area contributed by atoms with Gasteiger partial charge in [0.05, 0.1) is 12.4 Å². The summed E-state index contributed by atoms with van der Waals surface area (Å²) in [5.41, 5.74) is 0. The first-order valence-electron chi connectivity index (χ1n) is 11.4. The van der Waals surface area contributed by atoms with Crippen LogP contribution in [0.25, 0.3) is 0 Å². The second-order valence-corrected chi connectivity index (χ2v) is 7.26. The summed E-state index contributed by atoms with van der Waals surface area (Å²) < 4.78 is 0. The van der Waals surface area contributed by atoms with E-state index in [2.05, 4.69) is 29.4 Å². The average molecular weight is 367 g/mol. The number of nitrogens with zero attached hydrogens (tertiary/aromatic N) is 1. The molecule has 0 radical (unpaired) electrons. The van der Waals surface area contributed by atoms with Crippen molar-refractivity contribution in [2.45, 2.75) is 110 Å². The van der Waals surface area contributed by atoms with Crippen molar-refractivity contribution in [1.29, 1.82) is 0 Å². The maximum Gasteiger partial charge on any atom is 0.0964 e. The Hall–Kier alpha value is -0.830. The molecule has 0 spiro atoms. The van der Waals surface area contributed by atoms with E-state index in [1.165, 1.54) is 102 Å². The van der Waals surface area contributed by atoms with Gasteiger partial charge in [0, 0.05) is 19.6 Å². The third kappa shape index (κ3) is 19.5. The van der Waals surface area contributed by atoms with Crippen LogP contribution in [-0.2, 0) is 0 Å². The highest BCUT2D eigenvalue weighted by molar-refractivity contribution is 5.83. The molecule has 0 amide bonds. The minimum Gasteiger partial charge on any atom is -0.397 e. The van der Waals surface area contributed by atoms with Crippen molar-refractivity contribution in [3.8, 4) is 0 Å². The quantitative estimate of drug-likeness (QED) is 0.245. The molecule has 0 atom stereocenters. The highest BCUT2D eigenvalue weighted by atomic mass is 16.2. The Morgan fingerprint density at radius 1 is 0.808 bits per heavy atom. The molecular formula is C23H46N2O. The number of unbranched alkanes of at least 4 members (excludes halogenated alkanes) is 12. The summed E-state index contributed by atoms with van der Waals surface area (Å²) in [4.78, 5) is 4.44. The van der Waals surface area contributed by atoms with Crippen LogP contribution in [0.2, 0.25) is 0 Å². The Morgan fingerprint density at radius 3 is 1.81 bits per heavy atom. The molecule has 0 aliphatic carbocycles. The fourth-order valence-corrected chi connectivity index (χ4v) is 3.15. The highest BCUT2D eigenvalue weighted by Gasteiger charge is 2.03. The fraction of sp³-hybridized carbons (Fsp3) is 0.870. The maximum atomic E-state index is 7.57. The number of hydrogen-bond donors (Lipinski definition) is 2. The normalized spacial score (nSPS) is 13.4. The standard InChI is InChI=1S/C21H40N2.C2H6O/c1-2-3-4-5-6-7-8-9-10-11-12-13-14-15-16-17-18-21-22-19-20-23-21;1-2-3/h9-10H,2-8,11-20H2,1H3,(H,22,23);3H,2H2,1H3. The third-order valence-electron chi connectivity index (χ3n) is 4.67. The SMILES string of the molecule is CCCCCCCCC=CCCCCCCCCC1=NCCN1.CCO. The summed E-state index contributed by atoms with van der Waals surface area (Å²) >= 11 is 0. The predicted octanol–water partition coefficient (Wildman–Crippen LogP) is 6.41. The highest BCUT2D eigenvalue weighted by Crippen LogP contribution is 2.11. The van der Waals surface area contributed by atoms with E-state index in [0.717, 1.165) is 13.1 Å². The van der Waals surface area contributed by atoms with Gasteiger partial charge in [-0.05, 0) is 39.0 Å². The first kappa shape index (κ1) is 25.2. The van der Waals surface area contributed by atoms with Gasteiger partial charge in [0.15, 0.2) is 0 Å². The van der Waals surface area contributed by atoms with Crippen molar-refractivity contribution < 1.29 is 5.11 Å². The van der Waals surface area contributed by atoms with Crippen molar-refractivity contribution >= 4 is 5.84 Å². The number of aliphatic imine (C=N–C) groups is 1. The summed E-state index contributed by atoms with van der Waals surface area (Å²) in [6.45, 7) is 6.26. The fourth-order valence-electron chi connectivity index (χ4n) is 3.15. The molecule has 1 rings (SSSR count). The molecule has 3 heteroatoms. The van der Waals surface area contributed by atoms with E-state index < -0.39 is 0 Å². The predicted molar refractivity (Wildman–Crippen MR) is 117 cm³/mol. The molecule has 154 valence electrons. The second kappa shape index (κ2) is 22.2. The molecule has 1 aliphatic rings. The van der Waals surface area contributed by atoms with Crippen molar-refractivity contribution in [2.75, 3.05) is 19.7 Å². The minimum atomic E-state index is 0.250.